The zero-order valence-corrected chi connectivity index (χ0v) is 12.5. The van der Waals surface area contributed by atoms with Crippen molar-refractivity contribution in [2.75, 3.05) is 0 Å². The molecule has 19 heavy (non-hydrogen) atoms. The fourth-order valence-electron chi connectivity index (χ4n) is 1.55. The number of ketones is 1. The second-order valence-corrected chi connectivity index (χ2v) is 5.96. The molecule has 1 heterocycles. The zero-order valence-electron chi connectivity index (χ0n) is 10.9. The Morgan fingerprint density at radius 3 is 2.47 bits per heavy atom. The van der Waals surface area contributed by atoms with Gasteiger partial charge in [0.05, 0.1) is 5.25 Å². The van der Waals surface area contributed by atoms with Gasteiger partial charge in [0, 0.05) is 17.6 Å². The number of carbonyl (C=O) groups excluding carboxylic acids is 1. The number of hydrogen-bond donors (Lipinski definition) is 0. The Kier molecular flexibility index (Phi) is 4.27. The van der Waals surface area contributed by atoms with E-state index in [2.05, 4.69) is 10.2 Å². The molecular formula is C13H14ClN3OS. The lowest BCUT2D eigenvalue weighted by Crippen LogP contribution is -2.14. The van der Waals surface area contributed by atoms with Gasteiger partial charge in [0.2, 0.25) is 0 Å². The van der Waals surface area contributed by atoms with Crippen molar-refractivity contribution < 1.29 is 4.79 Å². The largest absolute Gasteiger partial charge is 0.309 e. The Balaban J connectivity index is 2.11. The van der Waals surface area contributed by atoms with Gasteiger partial charge in [0.1, 0.15) is 5.82 Å². The van der Waals surface area contributed by atoms with Gasteiger partial charge in [-0.15, -0.1) is 10.2 Å². The summed E-state index contributed by atoms with van der Waals surface area (Å²) in [5.74, 6) is 0.885. The summed E-state index contributed by atoms with van der Waals surface area (Å²) in [5.41, 5.74) is 0.656. The number of halogens is 1. The standard InChI is InChI=1S/C13H14ClN3OS/c1-8(19-13-16-15-9(2)17(13)3)12(18)10-4-6-11(14)7-5-10/h4-8H,1-3H3/t8-/m1/s1. The normalized spacial score (nSPS) is 12.4. The molecule has 1 aromatic heterocycles. The Bertz CT molecular complexity index is 594. The first-order valence-corrected chi connectivity index (χ1v) is 7.07. The van der Waals surface area contributed by atoms with Crippen LogP contribution in [0.25, 0.3) is 0 Å². The van der Waals surface area contributed by atoms with Crippen LogP contribution in [-0.4, -0.2) is 25.8 Å². The van der Waals surface area contributed by atoms with Crippen molar-refractivity contribution in [1.29, 1.82) is 0 Å². The molecule has 0 saturated carbocycles. The number of benzene rings is 1. The van der Waals surface area contributed by atoms with Gasteiger partial charge in [-0.25, -0.2) is 0 Å². The minimum absolute atomic E-state index is 0.0577. The molecule has 0 aliphatic carbocycles. The van der Waals surface area contributed by atoms with E-state index in [9.17, 15) is 4.79 Å². The maximum absolute atomic E-state index is 12.3. The summed E-state index contributed by atoms with van der Waals surface area (Å²) in [6.45, 7) is 3.74. The summed E-state index contributed by atoms with van der Waals surface area (Å²) in [5, 5.41) is 9.17. The number of nitrogens with zero attached hydrogens (tertiary/aromatic N) is 3. The molecule has 100 valence electrons. The van der Waals surface area contributed by atoms with Crippen molar-refractivity contribution in [3.05, 3.63) is 40.7 Å². The molecule has 0 aliphatic rings. The SMILES string of the molecule is Cc1nnc(S[C@H](C)C(=O)c2ccc(Cl)cc2)n1C. The van der Waals surface area contributed by atoms with Crippen molar-refractivity contribution >= 4 is 29.1 Å². The van der Waals surface area contributed by atoms with Gasteiger partial charge in [-0.3, -0.25) is 4.79 Å². The third-order valence-corrected chi connectivity index (χ3v) is 4.22. The molecule has 1 atom stereocenters. The van der Waals surface area contributed by atoms with E-state index < -0.39 is 0 Å². The van der Waals surface area contributed by atoms with E-state index in [1.807, 2.05) is 25.5 Å². The van der Waals surface area contributed by atoms with Gasteiger partial charge < -0.3 is 4.57 Å². The molecule has 0 N–H and O–H groups in total. The summed E-state index contributed by atoms with van der Waals surface area (Å²) in [7, 11) is 1.89. The minimum Gasteiger partial charge on any atom is -0.309 e. The van der Waals surface area contributed by atoms with Gasteiger partial charge in [-0.2, -0.15) is 0 Å². The monoisotopic (exact) mass is 295 g/mol. The molecule has 0 spiro atoms. The number of aryl methyl sites for hydroxylation is 1. The predicted octanol–water partition coefficient (Wildman–Crippen LogP) is 3.14. The van der Waals surface area contributed by atoms with Crippen LogP contribution in [0, 0.1) is 6.92 Å². The predicted molar refractivity (Wildman–Crippen MR) is 76.8 cm³/mol. The number of thioether (sulfide) groups is 1. The third-order valence-electron chi connectivity index (χ3n) is 2.83. The molecule has 0 fully saturated rings. The van der Waals surface area contributed by atoms with Crippen LogP contribution in [0.15, 0.2) is 29.4 Å². The summed E-state index contributed by atoms with van der Waals surface area (Å²) in [4.78, 5) is 12.3. The van der Waals surface area contributed by atoms with Crippen molar-refractivity contribution in [2.24, 2.45) is 7.05 Å². The Hall–Kier alpha value is -1.33. The van der Waals surface area contributed by atoms with Crippen LogP contribution in [0.5, 0.6) is 0 Å². The van der Waals surface area contributed by atoms with Gasteiger partial charge in [0.25, 0.3) is 0 Å². The molecule has 2 aromatic rings. The topological polar surface area (TPSA) is 47.8 Å². The van der Waals surface area contributed by atoms with Crippen LogP contribution in [0.3, 0.4) is 0 Å². The Morgan fingerprint density at radius 1 is 1.32 bits per heavy atom. The highest BCUT2D eigenvalue weighted by molar-refractivity contribution is 8.00. The lowest BCUT2D eigenvalue weighted by atomic mass is 10.1. The van der Waals surface area contributed by atoms with Crippen LogP contribution < -0.4 is 0 Å². The maximum atomic E-state index is 12.3. The molecule has 4 nitrogen and oxygen atoms in total. The third kappa shape index (κ3) is 3.16. The molecule has 0 radical (unpaired) electrons. The quantitative estimate of drug-likeness (QED) is 0.642. The number of aromatic nitrogens is 3. The minimum atomic E-state index is -0.219. The average Bonchev–Trinajstić information content (AvgIpc) is 2.71. The summed E-state index contributed by atoms with van der Waals surface area (Å²) >= 11 is 7.22. The van der Waals surface area contributed by atoms with E-state index in [1.165, 1.54) is 11.8 Å². The van der Waals surface area contributed by atoms with Crippen LogP contribution in [-0.2, 0) is 7.05 Å². The highest BCUT2D eigenvalue weighted by Gasteiger charge is 2.19. The molecule has 0 saturated heterocycles. The first-order chi connectivity index (χ1) is 8.99. The van der Waals surface area contributed by atoms with Gasteiger partial charge in [0.15, 0.2) is 10.9 Å². The van der Waals surface area contributed by atoms with Crippen molar-refractivity contribution in [1.82, 2.24) is 14.8 Å². The summed E-state index contributed by atoms with van der Waals surface area (Å²) in [6.07, 6.45) is 0. The fraction of sp³-hybridized carbons (Fsp3) is 0.308. The van der Waals surface area contributed by atoms with Crippen molar-refractivity contribution in [2.45, 2.75) is 24.3 Å². The smallest absolute Gasteiger partial charge is 0.191 e. The summed E-state index contributed by atoms with van der Waals surface area (Å²) in [6, 6.07) is 6.92. The lowest BCUT2D eigenvalue weighted by molar-refractivity contribution is 0.0994. The van der Waals surface area contributed by atoms with E-state index >= 15 is 0 Å². The van der Waals surface area contributed by atoms with Gasteiger partial charge in [-0.05, 0) is 38.1 Å². The Morgan fingerprint density at radius 2 is 1.95 bits per heavy atom. The van der Waals surface area contributed by atoms with Crippen LogP contribution in [0.2, 0.25) is 5.02 Å². The van der Waals surface area contributed by atoms with Gasteiger partial charge in [-0.1, -0.05) is 23.4 Å². The number of Topliss-reactive ketones (excluding diaryl/α,β-unsaturated/α-hetero) is 1. The molecule has 0 bridgehead atoms. The second kappa shape index (κ2) is 5.75. The van der Waals surface area contributed by atoms with Crippen LogP contribution >= 0.6 is 23.4 Å². The van der Waals surface area contributed by atoms with Crippen molar-refractivity contribution in [3.8, 4) is 0 Å². The number of rotatable bonds is 4. The molecule has 0 unspecified atom stereocenters. The highest BCUT2D eigenvalue weighted by atomic mass is 35.5. The van der Waals surface area contributed by atoms with Crippen LogP contribution in [0.4, 0.5) is 0 Å². The molecule has 0 aliphatic heterocycles. The summed E-state index contributed by atoms with van der Waals surface area (Å²) < 4.78 is 1.87. The first-order valence-electron chi connectivity index (χ1n) is 5.81. The second-order valence-electron chi connectivity index (χ2n) is 4.22. The molecule has 1 aromatic carbocycles. The van der Waals surface area contributed by atoms with E-state index in [1.54, 1.807) is 24.3 Å². The molecular weight excluding hydrogens is 282 g/mol. The molecule has 0 amide bonds. The average molecular weight is 296 g/mol. The van der Waals surface area contributed by atoms with E-state index in [4.69, 9.17) is 11.6 Å². The highest BCUT2D eigenvalue weighted by Crippen LogP contribution is 2.24. The molecule has 6 heteroatoms. The number of hydrogen-bond acceptors (Lipinski definition) is 4. The zero-order chi connectivity index (χ0) is 14.0. The van der Waals surface area contributed by atoms with Crippen molar-refractivity contribution in [3.63, 3.8) is 0 Å². The van der Waals surface area contributed by atoms with E-state index in [0.717, 1.165) is 11.0 Å². The van der Waals surface area contributed by atoms with Crippen LogP contribution in [0.1, 0.15) is 23.1 Å². The lowest BCUT2D eigenvalue weighted by Gasteiger charge is -2.09. The molecule has 2 rings (SSSR count). The first kappa shape index (κ1) is 14.1. The number of carbonyl (C=O) groups is 1. The van der Waals surface area contributed by atoms with E-state index in [-0.39, 0.29) is 11.0 Å². The van der Waals surface area contributed by atoms with E-state index in [0.29, 0.717) is 10.6 Å². The maximum Gasteiger partial charge on any atom is 0.191 e. The van der Waals surface area contributed by atoms with Gasteiger partial charge >= 0.3 is 0 Å². The fourth-order valence-corrected chi connectivity index (χ4v) is 2.61. The Labute approximate surface area is 121 Å².